The molecule has 0 radical (unpaired) electrons. The summed E-state index contributed by atoms with van der Waals surface area (Å²) < 4.78 is 7.27. The van der Waals surface area contributed by atoms with Gasteiger partial charge in [-0.25, -0.2) is 4.98 Å². The number of aryl methyl sites for hydroxylation is 1. The van der Waals surface area contributed by atoms with Crippen molar-refractivity contribution in [3.8, 4) is 5.75 Å². The zero-order chi connectivity index (χ0) is 18.8. The van der Waals surface area contributed by atoms with E-state index in [1.54, 1.807) is 0 Å². The fourth-order valence-electron chi connectivity index (χ4n) is 3.10. The van der Waals surface area contributed by atoms with Crippen LogP contribution < -0.4 is 10.3 Å². The molecule has 0 bridgehead atoms. The van der Waals surface area contributed by atoms with E-state index in [0.29, 0.717) is 5.39 Å². The fraction of sp³-hybridized carbons (Fsp3) is 0.238. The third kappa shape index (κ3) is 3.59. The largest absolute Gasteiger partial charge is 0.490 e. The molecule has 0 saturated heterocycles. The zero-order valence-electron chi connectivity index (χ0n) is 15.0. The summed E-state index contributed by atoms with van der Waals surface area (Å²) in [6.45, 7) is 2.30. The van der Waals surface area contributed by atoms with E-state index in [4.69, 9.17) is 4.74 Å². The second-order valence-corrected chi connectivity index (χ2v) is 7.54. The molecule has 0 spiro atoms. The number of nitrogens with zero attached hydrogens (tertiary/aromatic N) is 2. The second-order valence-electron chi connectivity index (χ2n) is 6.43. The van der Waals surface area contributed by atoms with E-state index >= 15 is 0 Å². The van der Waals surface area contributed by atoms with Gasteiger partial charge in [0.15, 0.2) is 0 Å². The lowest BCUT2D eigenvalue weighted by molar-refractivity contribution is 0.0922. The SMILES string of the molecule is CCc1cc2c(=O)n(CC(O)COc3cccc4ccccc34)cnc2s1. The number of aromatic nitrogens is 2. The first kappa shape index (κ1) is 17.7. The predicted octanol–water partition coefficient (Wildman–Crippen LogP) is 3.61. The van der Waals surface area contributed by atoms with Crippen molar-refractivity contribution in [3.63, 3.8) is 0 Å². The van der Waals surface area contributed by atoms with Gasteiger partial charge in [0.1, 0.15) is 23.3 Å². The Morgan fingerprint density at radius 3 is 2.85 bits per heavy atom. The predicted molar refractivity (Wildman–Crippen MR) is 109 cm³/mol. The van der Waals surface area contributed by atoms with Gasteiger partial charge in [0, 0.05) is 10.3 Å². The van der Waals surface area contributed by atoms with Crippen LogP contribution in [0.4, 0.5) is 0 Å². The minimum atomic E-state index is -0.815. The normalized spacial score (nSPS) is 12.5. The Hall–Kier alpha value is -2.70. The van der Waals surface area contributed by atoms with Crippen LogP contribution in [0.3, 0.4) is 0 Å². The van der Waals surface area contributed by atoms with Crippen LogP contribution in [0.2, 0.25) is 0 Å². The number of benzene rings is 2. The van der Waals surface area contributed by atoms with Crippen LogP contribution in [0.25, 0.3) is 21.0 Å². The molecule has 0 saturated carbocycles. The van der Waals surface area contributed by atoms with Crippen molar-refractivity contribution in [2.24, 2.45) is 0 Å². The van der Waals surface area contributed by atoms with Crippen molar-refractivity contribution in [2.75, 3.05) is 6.61 Å². The Morgan fingerprint density at radius 1 is 1.19 bits per heavy atom. The third-order valence-electron chi connectivity index (χ3n) is 4.51. The van der Waals surface area contributed by atoms with Gasteiger partial charge in [-0.15, -0.1) is 11.3 Å². The molecule has 27 heavy (non-hydrogen) atoms. The highest BCUT2D eigenvalue weighted by Crippen LogP contribution is 2.25. The number of fused-ring (bicyclic) bond motifs is 2. The van der Waals surface area contributed by atoms with Gasteiger partial charge in [0.25, 0.3) is 5.56 Å². The van der Waals surface area contributed by atoms with Gasteiger partial charge in [0.2, 0.25) is 0 Å². The molecule has 0 aliphatic carbocycles. The number of ether oxygens (including phenoxy) is 1. The van der Waals surface area contributed by atoms with Crippen molar-refractivity contribution < 1.29 is 9.84 Å². The average Bonchev–Trinajstić information content (AvgIpc) is 3.13. The summed E-state index contributed by atoms with van der Waals surface area (Å²) in [5.74, 6) is 0.721. The van der Waals surface area contributed by atoms with Gasteiger partial charge < -0.3 is 9.84 Å². The third-order valence-corrected chi connectivity index (χ3v) is 5.69. The van der Waals surface area contributed by atoms with Crippen molar-refractivity contribution in [1.82, 2.24) is 9.55 Å². The molecule has 0 aliphatic heterocycles. The number of hydrogen-bond donors (Lipinski definition) is 1. The molecule has 0 aliphatic rings. The summed E-state index contributed by atoms with van der Waals surface area (Å²) in [5, 5.41) is 13.1. The zero-order valence-corrected chi connectivity index (χ0v) is 15.8. The number of rotatable bonds is 6. The molecule has 0 amide bonds. The maximum atomic E-state index is 12.6. The summed E-state index contributed by atoms with van der Waals surface area (Å²) in [7, 11) is 0. The summed E-state index contributed by atoms with van der Waals surface area (Å²) >= 11 is 1.54. The molecule has 2 aromatic carbocycles. The number of thiophene rings is 1. The molecule has 2 heterocycles. The Morgan fingerprint density at radius 2 is 2.00 bits per heavy atom. The first-order valence-corrected chi connectivity index (χ1v) is 9.74. The summed E-state index contributed by atoms with van der Waals surface area (Å²) in [6.07, 6.45) is 1.56. The van der Waals surface area contributed by atoms with Gasteiger partial charge >= 0.3 is 0 Å². The lowest BCUT2D eigenvalue weighted by Crippen LogP contribution is -2.30. The molecule has 5 nitrogen and oxygen atoms in total. The average molecular weight is 380 g/mol. The number of aliphatic hydroxyl groups is 1. The molecule has 4 aromatic rings. The molecule has 4 rings (SSSR count). The Labute approximate surface area is 160 Å². The minimum Gasteiger partial charge on any atom is -0.490 e. The van der Waals surface area contributed by atoms with E-state index in [9.17, 15) is 9.90 Å². The van der Waals surface area contributed by atoms with Crippen molar-refractivity contribution in [3.05, 3.63) is 70.1 Å². The van der Waals surface area contributed by atoms with Crippen LogP contribution in [0.1, 0.15) is 11.8 Å². The topological polar surface area (TPSA) is 64.4 Å². The van der Waals surface area contributed by atoms with E-state index in [1.807, 2.05) is 48.5 Å². The molecule has 138 valence electrons. The Bertz CT molecular complexity index is 1140. The lowest BCUT2D eigenvalue weighted by Gasteiger charge is -2.15. The van der Waals surface area contributed by atoms with Crippen LogP contribution in [-0.4, -0.2) is 27.4 Å². The van der Waals surface area contributed by atoms with E-state index in [2.05, 4.69) is 11.9 Å². The molecule has 1 unspecified atom stereocenters. The smallest absolute Gasteiger partial charge is 0.262 e. The van der Waals surface area contributed by atoms with Crippen LogP contribution in [0.15, 0.2) is 59.7 Å². The van der Waals surface area contributed by atoms with Gasteiger partial charge in [-0.05, 0) is 23.9 Å². The van der Waals surface area contributed by atoms with Gasteiger partial charge in [-0.3, -0.25) is 9.36 Å². The number of hydrogen-bond acceptors (Lipinski definition) is 5. The van der Waals surface area contributed by atoms with E-state index in [-0.39, 0.29) is 18.7 Å². The number of aliphatic hydroxyl groups excluding tert-OH is 1. The summed E-state index contributed by atoms with van der Waals surface area (Å²) in [4.78, 5) is 18.8. The monoisotopic (exact) mass is 380 g/mol. The Balaban J connectivity index is 1.49. The first-order valence-electron chi connectivity index (χ1n) is 8.92. The van der Waals surface area contributed by atoms with Crippen molar-refractivity contribution >= 4 is 32.3 Å². The highest BCUT2D eigenvalue weighted by atomic mass is 32.1. The fourth-order valence-corrected chi connectivity index (χ4v) is 4.03. The van der Waals surface area contributed by atoms with Crippen molar-refractivity contribution in [2.45, 2.75) is 26.0 Å². The molecule has 2 aromatic heterocycles. The first-order chi connectivity index (χ1) is 13.2. The molecule has 6 heteroatoms. The van der Waals surface area contributed by atoms with Crippen LogP contribution in [-0.2, 0) is 13.0 Å². The second kappa shape index (κ2) is 7.50. The standard InChI is InChI=1S/C21H20N2O3S/c1-2-16-10-18-20(27-16)22-13-23(21(18)25)11-15(24)12-26-19-9-5-7-14-6-3-4-8-17(14)19/h3-10,13,15,24H,2,11-12H2,1H3. The minimum absolute atomic E-state index is 0.0995. The van der Waals surface area contributed by atoms with Crippen molar-refractivity contribution in [1.29, 1.82) is 0 Å². The van der Waals surface area contributed by atoms with Crippen LogP contribution in [0.5, 0.6) is 5.75 Å². The highest BCUT2D eigenvalue weighted by molar-refractivity contribution is 7.18. The summed E-state index contributed by atoms with van der Waals surface area (Å²) in [6, 6.07) is 15.7. The van der Waals surface area contributed by atoms with Crippen LogP contribution >= 0.6 is 11.3 Å². The van der Waals surface area contributed by atoms with E-state index in [1.165, 1.54) is 22.2 Å². The highest BCUT2D eigenvalue weighted by Gasteiger charge is 2.13. The molecule has 0 fully saturated rings. The summed E-state index contributed by atoms with van der Waals surface area (Å²) in [5.41, 5.74) is -0.125. The molecular formula is C21H20N2O3S. The van der Waals surface area contributed by atoms with Crippen LogP contribution in [0, 0.1) is 0 Å². The molecule has 1 N–H and O–H groups in total. The van der Waals surface area contributed by atoms with Gasteiger partial charge in [-0.1, -0.05) is 43.3 Å². The van der Waals surface area contributed by atoms with Gasteiger partial charge in [0.05, 0.1) is 18.3 Å². The quantitative estimate of drug-likeness (QED) is 0.555. The Kier molecular flexibility index (Phi) is 4.92. The maximum Gasteiger partial charge on any atom is 0.262 e. The van der Waals surface area contributed by atoms with E-state index < -0.39 is 6.10 Å². The molecular weight excluding hydrogens is 360 g/mol. The lowest BCUT2D eigenvalue weighted by atomic mass is 10.1. The van der Waals surface area contributed by atoms with E-state index in [0.717, 1.165) is 32.7 Å². The molecule has 1 atom stereocenters. The maximum absolute atomic E-state index is 12.6. The van der Waals surface area contributed by atoms with Gasteiger partial charge in [-0.2, -0.15) is 0 Å².